The van der Waals surface area contributed by atoms with Crippen LogP contribution in [0.25, 0.3) is 11.3 Å². The molecule has 2 heterocycles. The minimum Gasteiger partial charge on any atom is -0.484 e. The van der Waals surface area contributed by atoms with Crippen molar-refractivity contribution in [3.05, 3.63) is 59.0 Å². The van der Waals surface area contributed by atoms with Gasteiger partial charge in [0, 0.05) is 43.0 Å². The van der Waals surface area contributed by atoms with E-state index in [0.717, 1.165) is 48.5 Å². The average Bonchev–Trinajstić information content (AvgIpc) is 3.04. The van der Waals surface area contributed by atoms with Crippen molar-refractivity contribution >= 4 is 17.5 Å². The number of nitrogens with zero attached hydrogens (tertiary/aromatic N) is 4. The molecule has 3 aliphatic rings. The molecular formula is C23H23ClFN5O2. The summed E-state index contributed by atoms with van der Waals surface area (Å²) in [5.74, 6) is 0.311. The predicted molar refractivity (Wildman–Crippen MR) is 117 cm³/mol. The van der Waals surface area contributed by atoms with Crippen LogP contribution >= 0.6 is 11.6 Å². The first-order valence-corrected chi connectivity index (χ1v) is 10.8. The van der Waals surface area contributed by atoms with Gasteiger partial charge in [-0.25, -0.2) is 14.4 Å². The van der Waals surface area contributed by atoms with E-state index in [1.54, 1.807) is 10.9 Å². The highest BCUT2D eigenvalue weighted by molar-refractivity contribution is 6.30. The largest absolute Gasteiger partial charge is 0.484 e. The van der Waals surface area contributed by atoms with Gasteiger partial charge in [0.15, 0.2) is 6.61 Å². The number of aryl methyl sites for hydroxylation is 2. The van der Waals surface area contributed by atoms with Crippen LogP contribution in [0.5, 0.6) is 5.75 Å². The van der Waals surface area contributed by atoms with Gasteiger partial charge >= 0.3 is 0 Å². The number of carbonyl (C=O) groups is 1. The summed E-state index contributed by atoms with van der Waals surface area (Å²) in [7, 11) is 1.90. The lowest BCUT2D eigenvalue weighted by molar-refractivity contribution is -0.166. The van der Waals surface area contributed by atoms with E-state index in [1.165, 1.54) is 18.2 Å². The minimum absolute atomic E-state index is 0.0195. The first kappa shape index (κ1) is 20.9. The van der Waals surface area contributed by atoms with Crippen LogP contribution in [-0.4, -0.2) is 37.8 Å². The van der Waals surface area contributed by atoms with E-state index in [2.05, 4.69) is 15.4 Å². The lowest BCUT2D eigenvalue weighted by Crippen LogP contribution is -2.75. The van der Waals surface area contributed by atoms with E-state index < -0.39 is 5.82 Å². The third kappa shape index (κ3) is 3.83. The number of ether oxygens (including phenoxy) is 1. The van der Waals surface area contributed by atoms with Crippen molar-refractivity contribution in [3.63, 3.8) is 0 Å². The maximum atomic E-state index is 13.5. The van der Waals surface area contributed by atoms with Gasteiger partial charge in [0.1, 0.15) is 17.4 Å². The van der Waals surface area contributed by atoms with E-state index in [9.17, 15) is 9.18 Å². The SMILES string of the molecule is Cc1nn(C)cc1-c1ccnc(CC23CC(NC(=O)COc4ccc(Cl)c(F)c4)(C2)C3)n1. The summed E-state index contributed by atoms with van der Waals surface area (Å²) in [4.78, 5) is 21.5. The van der Waals surface area contributed by atoms with Crippen LogP contribution in [0, 0.1) is 18.2 Å². The van der Waals surface area contributed by atoms with Crippen molar-refractivity contribution in [2.75, 3.05) is 6.61 Å². The Morgan fingerprint density at radius 1 is 1.31 bits per heavy atom. The van der Waals surface area contributed by atoms with Crippen LogP contribution in [0.1, 0.15) is 30.8 Å². The second-order valence-electron chi connectivity index (χ2n) is 9.06. The Labute approximate surface area is 190 Å². The van der Waals surface area contributed by atoms with Gasteiger partial charge in [-0.2, -0.15) is 5.10 Å². The summed E-state index contributed by atoms with van der Waals surface area (Å²) < 4.78 is 20.7. The highest BCUT2D eigenvalue weighted by atomic mass is 35.5. The molecule has 0 spiro atoms. The number of halogens is 2. The zero-order valence-corrected chi connectivity index (χ0v) is 18.6. The van der Waals surface area contributed by atoms with Crippen molar-refractivity contribution < 1.29 is 13.9 Å². The molecule has 2 aromatic heterocycles. The molecule has 3 aliphatic carbocycles. The standard InChI is InChI=1S/C23H23ClFN5O2/c1-14-16(9-30(2)29-14)19-5-6-26-20(27-19)8-22-11-23(12-22,13-22)28-21(31)10-32-15-3-4-17(24)18(25)7-15/h3-7,9H,8,10-13H2,1-2H3,(H,28,31). The lowest BCUT2D eigenvalue weighted by atomic mass is 9.38. The fourth-order valence-corrected chi connectivity index (χ4v) is 5.30. The summed E-state index contributed by atoms with van der Waals surface area (Å²) >= 11 is 5.66. The zero-order valence-electron chi connectivity index (χ0n) is 17.9. The molecule has 3 fully saturated rings. The quantitative estimate of drug-likeness (QED) is 0.588. The Balaban J connectivity index is 1.14. The fraction of sp³-hybridized carbons (Fsp3) is 0.391. The molecule has 9 heteroatoms. The second-order valence-corrected chi connectivity index (χ2v) is 9.47. The Morgan fingerprint density at radius 2 is 2.09 bits per heavy atom. The first-order valence-electron chi connectivity index (χ1n) is 10.5. The van der Waals surface area contributed by atoms with Crippen molar-refractivity contribution in [1.29, 1.82) is 0 Å². The Bertz CT molecular complexity index is 1190. The molecule has 1 N–H and O–H groups in total. The molecule has 0 aliphatic heterocycles. The molecule has 1 aromatic carbocycles. The summed E-state index contributed by atoms with van der Waals surface area (Å²) in [5, 5.41) is 7.48. The van der Waals surface area contributed by atoms with Crippen molar-refractivity contribution in [1.82, 2.24) is 25.1 Å². The molecule has 0 unspecified atom stereocenters. The highest BCUT2D eigenvalue weighted by Crippen LogP contribution is 2.68. The molecular weight excluding hydrogens is 433 g/mol. The van der Waals surface area contributed by atoms with Gasteiger partial charge in [0.25, 0.3) is 5.91 Å². The van der Waals surface area contributed by atoms with Crippen LogP contribution < -0.4 is 10.1 Å². The Kier molecular flexibility index (Phi) is 4.93. The monoisotopic (exact) mass is 455 g/mol. The Morgan fingerprint density at radius 3 is 2.78 bits per heavy atom. The molecule has 0 saturated heterocycles. The van der Waals surface area contributed by atoms with E-state index >= 15 is 0 Å². The second kappa shape index (κ2) is 7.55. The molecule has 1 amide bonds. The predicted octanol–water partition coefficient (Wildman–Crippen LogP) is 3.64. The number of amides is 1. The Hall–Kier alpha value is -3.00. The van der Waals surface area contributed by atoms with Crippen LogP contribution in [-0.2, 0) is 18.3 Å². The molecule has 3 aromatic rings. The summed E-state index contributed by atoms with van der Waals surface area (Å²) in [5.41, 5.74) is 2.82. The van der Waals surface area contributed by atoms with Crippen molar-refractivity contribution in [3.8, 4) is 17.0 Å². The molecule has 2 bridgehead atoms. The van der Waals surface area contributed by atoms with Gasteiger partial charge < -0.3 is 10.1 Å². The maximum absolute atomic E-state index is 13.5. The molecule has 3 saturated carbocycles. The van der Waals surface area contributed by atoms with Crippen LogP contribution in [0.15, 0.2) is 36.7 Å². The average molecular weight is 456 g/mol. The van der Waals surface area contributed by atoms with Gasteiger partial charge in [-0.05, 0) is 49.8 Å². The van der Waals surface area contributed by atoms with Gasteiger partial charge in [-0.1, -0.05) is 11.6 Å². The van der Waals surface area contributed by atoms with E-state index in [-0.39, 0.29) is 34.2 Å². The number of carbonyl (C=O) groups excluding carboxylic acids is 1. The summed E-state index contributed by atoms with van der Waals surface area (Å²) in [6.07, 6.45) is 7.26. The summed E-state index contributed by atoms with van der Waals surface area (Å²) in [6, 6.07) is 6.02. The van der Waals surface area contributed by atoms with Gasteiger partial charge in [0.05, 0.1) is 16.4 Å². The fourth-order valence-electron chi connectivity index (χ4n) is 5.19. The molecule has 6 rings (SSSR count). The third-order valence-corrected chi connectivity index (χ3v) is 6.64. The van der Waals surface area contributed by atoms with Crippen LogP contribution in [0.2, 0.25) is 5.02 Å². The van der Waals surface area contributed by atoms with Gasteiger partial charge in [-0.15, -0.1) is 0 Å². The van der Waals surface area contributed by atoms with E-state index in [4.69, 9.17) is 21.3 Å². The number of nitrogens with one attached hydrogen (secondary N) is 1. The summed E-state index contributed by atoms with van der Waals surface area (Å²) in [6.45, 7) is 1.81. The van der Waals surface area contributed by atoms with Crippen molar-refractivity contribution in [2.24, 2.45) is 12.5 Å². The van der Waals surface area contributed by atoms with Crippen LogP contribution in [0.4, 0.5) is 4.39 Å². The number of aromatic nitrogens is 4. The minimum atomic E-state index is -0.573. The normalized spacial score (nSPS) is 23.2. The van der Waals surface area contributed by atoms with Crippen LogP contribution in [0.3, 0.4) is 0 Å². The van der Waals surface area contributed by atoms with E-state index in [0.29, 0.717) is 0 Å². The highest BCUT2D eigenvalue weighted by Gasteiger charge is 2.68. The maximum Gasteiger partial charge on any atom is 0.258 e. The topological polar surface area (TPSA) is 81.9 Å². The smallest absolute Gasteiger partial charge is 0.258 e. The molecule has 0 radical (unpaired) electrons. The lowest BCUT2D eigenvalue weighted by Gasteiger charge is -2.70. The zero-order chi connectivity index (χ0) is 22.5. The number of hydrogen-bond acceptors (Lipinski definition) is 5. The third-order valence-electron chi connectivity index (χ3n) is 6.33. The number of hydrogen-bond donors (Lipinski definition) is 1. The van der Waals surface area contributed by atoms with Gasteiger partial charge in [-0.3, -0.25) is 9.48 Å². The number of rotatable bonds is 7. The van der Waals surface area contributed by atoms with Gasteiger partial charge in [0.2, 0.25) is 0 Å². The molecule has 166 valence electrons. The van der Waals surface area contributed by atoms with Crippen molar-refractivity contribution in [2.45, 2.75) is 38.1 Å². The molecule has 32 heavy (non-hydrogen) atoms. The number of benzene rings is 1. The molecule has 7 nitrogen and oxygen atoms in total. The first-order chi connectivity index (χ1) is 15.2. The molecule has 0 atom stereocenters. The van der Waals surface area contributed by atoms with E-state index in [1.807, 2.05) is 26.2 Å².